The number of alkyl carbamates (subject to hydrolysis) is 1. The minimum Gasteiger partial charge on any atom is -0.449 e. The van der Waals surface area contributed by atoms with Crippen molar-refractivity contribution in [1.29, 1.82) is 0 Å². The lowest BCUT2D eigenvalue weighted by Gasteiger charge is -2.20. The third-order valence-electron chi connectivity index (χ3n) is 5.68. The van der Waals surface area contributed by atoms with Crippen molar-refractivity contribution in [2.75, 3.05) is 25.5 Å². The molecule has 2 unspecified atom stereocenters. The third kappa shape index (κ3) is 4.40. The molecule has 1 aliphatic carbocycles. The maximum Gasteiger partial charge on any atom is 0.407 e. The quantitative estimate of drug-likeness (QED) is 0.470. The van der Waals surface area contributed by atoms with Gasteiger partial charge in [0.2, 0.25) is 0 Å². The van der Waals surface area contributed by atoms with E-state index in [2.05, 4.69) is 34.9 Å². The molecule has 160 valence electrons. The number of amides is 1. The predicted octanol–water partition coefficient (Wildman–Crippen LogP) is 3.66. The second kappa shape index (κ2) is 9.20. The first-order chi connectivity index (χ1) is 15.1. The summed E-state index contributed by atoms with van der Waals surface area (Å²) in [6, 6.07) is 23.4. The molecule has 0 radical (unpaired) electrons. The summed E-state index contributed by atoms with van der Waals surface area (Å²) >= 11 is 0. The van der Waals surface area contributed by atoms with Crippen LogP contribution < -0.4 is 10.6 Å². The first kappa shape index (κ1) is 20.9. The van der Waals surface area contributed by atoms with E-state index in [9.17, 15) is 15.0 Å². The molecule has 0 saturated heterocycles. The fraction of sp³-hybridized carbons (Fsp3) is 0.240. The first-order valence-corrected chi connectivity index (χ1v) is 10.3. The molecule has 0 heterocycles. The highest BCUT2D eigenvalue weighted by atomic mass is 16.5. The highest BCUT2D eigenvalue weighted by Crippen LogP contribution is 2.44. The normalized spacial score (nSPS) is 14.3. The summed E-state index contributed by atoms with van der Waals surface area (Å²) in [5, 5.41) is 26.2. The molecule has 3 aromatic rings. The van der Waals surface area contributed by atoms with Gasteiger partial charge in [0.1, 0.15) is 18.8 Å². The molecule has 4 rings (SSSR count). The molecule has 4 N–H and O–H groups in total. The molecule has 31 heavy (non-hydrogen) atoms. The van der Waals surface area contributed by atoms with Gasteiger partial charge in [0, 0.05) is 25.2 Å². The number of nitrogens with one attached hydrogen (secondary N) is 2. The summed E-state index contributed by atoms with van der Waals surface area (Å²) in [5.74, 6) is -0.0297. The number of aliphatic hydroxyl groups excluding tert-OH is 2. The van der Waals surface area contributed by atoms with Crippen LogP contribution in [0.25, 0.3) is 11.1 Å². The average Bonchev–Trinajstić information content (AvgIpc) is 3.14. The second-order valence-electron chi connectivity index (χ2n) is 7.59. The smallest absolute Gasteiger partial charge is 0.407 e. The molecule has 0 fully saturated rings. The Labute approximate surface area is 181 Å². The van der Waals surface area contributed by atoms with Crippen molar-refractivity contribution in [2.24, 2.45) is 0 Å². The molecule has 3 aromatic carbocycles. The van der Waals surface area contributed by atoms with Crippen molar-refractivity contribution in [3.63, 3.8) is 0 Å². The summed E-state index contributed by atoms with van der Waals surface area (Å²) in [7, 11) is 1.78. The zero-order valence-corrected chi connectivity index (χ0v) is 17.3. The van der Waals surface area contributed by atoms with Crippen LogP contribution in [0.2, 0.25) is 0 Å². The fourth-order valence-electron chi connectivity index (χ4n) is 4.05. The van der Waals surface area contributed by atoms with Crippen LogP contribution in [-0.2, 0) is 4.74 Å². The SMILES string of the molecule is CNc1cccc(C(O)C(O)CNC(=O)OCC2c3ccccc3-c3ccccc32)c1. The number of ether oxygens (including phenoxy) is 1. The Balaban J connectivity index is 1.33. The van der Waals surface area contributed by atoms with Gasteiger partial charge in [0.05, 0.1) is 0 Å². The van der Waals surface area contributed by atoms with Crippen molar-refractivity contribution in [2.45, 2.75) is 18.1 Å². The maximum atomic E-state index is 12.3. The van der Waals surface area contributed by atoms with Crippen LogP contribution in [0.15, 0.2) is 72.8 Å². The van der Waals surface area contributed by atoms with Gasteiger partial charge in [-0.05, 0) is 39.9 Å². The number of carbonyl (C=O) groups is 1. The van der Waals surface area contributed by atoms with Crippen LogP contribution in [0, 0.1) is 0 Å². The second-order valence-corrected chi connectivity index (χ2v) is 7.59. The first-order valence-electron chi connectivity index (χ1n) is 10.3. The van der Waals surface area contributed by atoms with Gasteiger partial charge in [-0.3, -0.25) is 0 Å². The van der Waals surface area contributed by atoms with Crippen molar-refractivity contribution < 1.29 is 19.7 Å². The average molecular weight is 418 g/mol. The lowest BCUT2D eigenvalue weighted by Crippen LogP contribution is -2.36. The number of hydrogen-bond acceptors (Lipinski definition) is 5. The molecule has 2 atom stereocenters. The number of benzene rings is 3. The molecular formula is C25H26N2O4. The number of aliphatic hydroxyl groups is 2. The standard InChI is InChI=1S/C25H26N2O4/c1-26-17-8-6-7-16(13-17)24(29)23(28)14-27-25(30)31-15-22-20-11-4-2-9-18(20)19-10-3-5-12-21(19)22/h2-13,22-24,26,28-29H,14-15H2,1H3,(H,27,30). The summed E-state index contributed by atoms with van der Waals surface area (Å²) in [5.41, 5.74) is 5.98. The van der Waals surface area contributed by atoms with Gasteiger partial charge in [-0.2, -0.15) is 0 Å². The number of anilines is 1. The Bertz CT molecular complexity index is 1020. The lowest BCUT2D eigenvalue weighted by molar-refractivity contribution is 0.0186. The number of hydrogen-bond donors (Lipinski definition) is 4. The lowest BCUT2D eigenvalue weighted by atomic mass is 9.98. The Morgan fingerprint density at radius 3 is 2.26 bits per heavy atom. The molecule has 0 spiro atoms. The summed E-state index contributed by atoms with van der Waals surface area (Å²) < 4.78 is 5.46. The van der Waals surface area contributed by atoms with Crippen LogP contribution in [0.1, 0.15) is 28.7 Å². The predicted molar refractivity (Wildman–Crippen MR) is 120 cm³/mol. The number of fused-ring (bicyclic) bond motifs is 3. The summed E-state index contributed by atoms with van der Waals surface area (Å²) in [6.07, 6.45) is -2.91. The van der Waals surface area contributed by atoms with E-state index in [4.69, 9.17) is 4.74 Å². The molecule has 1 amide bonds. The Morgan fingerprint density at radius 2 is 1.61 bits per heavy atom. The van der Waals surface area contributed by atoms with E-state index < -0.39 is 18.3 Å². The van der Waals surface area contributed by atoms with E-state index >= 15 is 0 Å². The highest BCUT2D eigenvalue weighted by molar-refractivity contribution is 5.79. The molecule has 6 heteroatoms. The van der Waals surface area contributed by atoms with Crippen molar-refractivity contribution >= 4 is 11.8 Å². The van der Waals surface area contributed by atoms with Crippen LogP contribution in [0.5, 0.6) is 0 Å². The molecular weight excluding hydrogens is 392 g/mol. The van der Waals surface area contributed by atoms with Gasteiger partial charge in [-0.15, -0.1) is 0 Å². The van der Waals surface area contributed by atoms with Gasteiger partial charge < -0.3 is 25.6 Å². The molecule has 1 aliphatic rings. The maximum absolute atomic E-state index is 12.3. The van der Waals surface area contributed by atoms with Crippen LogP contribution >= 0.6 is 0 Å². The highest BCUT2D eigenvalue weighted by Gasteiger charge is 2.29. The molecule has 0 aliphatic heterocycles. The summed E-state index contributed by atoms with van der Waals surface area (Å²) in [6.45, 7) is 0.0738. The van der Waals surface area contributed by atoms with Gasteiger partial charge in [-0.1, -0.05) is 60.7 Å². The van der Waals surface area contributed by atoms with Crippen molar-refractivity contribution in [3.05, 3.63) is 89.5 Å². The Kier molecular flexibility index (Phi) is 6.21. The van der Waals surface area contributed by atoms with Gasteiger partial charge in [0.25, 0.3) is 0 Å². The van der Waals surface area contributed by atoms with Crippen LogP contribution in [0.4, 0.5) is 10.5 Å². The van der Waals surface area contributed by atoms with Crippen molar-refractivity contribution in [3.8, 4) is 11.1 Å². The van der Waals surface area contributed by atoms with Crippen LogP contribution in [-0.4, -0.2) is 42.6 Å². The van der Waals surface area contributed by atoms with Gasteiger partial charge >= 0.3 is 6.09 Å². The zero-order valence-electron chi connectivity index (χ0n) is 17.3. The van der Waals surface area contributed by atoms with Crippen LogP contribution in [0.3, 0.4) is 0 Å². The Morgan fingerprint density at radius 1 is 0.968 bits per heavy atom. The minimum absolute atomic E-state index is 0.0297. The number of rotatable bonds is 7. The van der Waals surface area contributed by atoms with E-state index in [1.54, 1.807) is 25.2 Å². The van der Waals surface area contributed by atoms with Crippen molar-refractivity contribution in [1.82, 2.24) is 5.32 Å². The molecule has 0 saturated carbocycles. The minimum atomic E-state index is -1.16. The molecule has 0 aromatic heterocycles. The zero-order chi connectivity index (χ0) is 21.8. The number of carbonyl (C=O) groups excluding carboxylic acids is 1. The Hall–Kier alpha value is -3.35. The van der Waals surface area contributed by atoms with E-state index in [1.807, 2.05) is 30.3 Å². The van der Waals surface area contributed by atoms with E-state index in [1.165, 1.54) is 0 Å². The molecule has 0 bridgehead atoms. The largest absolute Gasteiger partial charge is 0.449 e. The topological polar surface area (TPSA) is 90.8 Å². The van der Waals surface area contributed by atoms with Gasteiger partial charge in [0.15, 0.2) is 0 Å². The fourth-order valence-corrected chi connectivity index (χ4v) is 4.05. The monoisotopic (exact) mass is 418 g/mol. The van der Waals surface area contributed by atoms with E-state index in [0.29, 0.717) is 5.56 Å². The van der Waals surface area contributed by atoms with E-state index in [0.717, 1.165) is 27.9 Å². The van der Waals surface area contributed by atoms with Gasteiger partial charge in [-0.25, -0.2) is 4.79 Å². The van der Waals surface area contributed by atoms with E-state index in [-0.39, 0.29) is 19.1 Å². The molecule has 6 nitrogen and oxygen atoms in total. The third-order valence-corrected chi connectivity index (χ3v) is 5.68. The summed E-state index contributed by atoms with van der Waals surface area (Å²) in [4.78, 5) is 12.3.